The van der Waals surface area contributed by atoms with Crippen LogP contribution in [0.5, 0.6) is 0 Å². The minimum absolute atomic E-state index is 0.0182. The summed E-state index contributed by atoms with van der Waals surface area (Å²) in [6.45, 7) is 6.13. The van der Waals surface area contributed by atoms with Crippen LogP contribution in [0.25, 0.3) is 0 Å². The summed E-state index contributed by atoms with van der Waals surface area (Å²) < 4.78 is 25.7. The fourth-order valence-corrected chi connectivity index (χ4v) is 3.83. The van der Waals surface area contributed by atoms with Crippen molar-refractivity contribution in [3.05, 3.63) is 29.6 Å². The van der Waals surface area contributed by atoms with E-state index < -0.39 is 53.0 Å². The molecule has 1 aromatic rings. The summed E-state index contributed by atoms with van der Waals surface area (Å²) in [5, 5.41) is 9.72. The number of guanidine groups is 1. The van der Waals surface area contributed by atoms with E-state index in [-0.39, 0.29) is 22.8 Å². The van der Waals surface area contributed by atoms with Crippen molar-refractivity contribution in [1.29, 1.82) is 0 Å². The Morgan fingerprint density at radius 1 is 1.42 bits per heavy atom. The summed E-state index contributed by atoms with van der Waals surface area (Å²) in [5.41, 5.74) is 3.44. The van der Waals surface area contributed by atoms with Crippen molar-refractivity contribution >= 4 is 29.7 Å². The van der Waals surface area contributed by atoms with Gasteiger partial charge in [-0.2, -0.15) is 0 Å². The van der Waals surface area contributed by atoms with Crippen molar-refractivity contribution in [2.24, 2.45) is 10.9 Å². The lowest BCUT2D eigenvalue weighted by molar-refractivity contribution is -0.134. The monoisotopic (exact) mass is 436 g/mol. The van der Waals surface area contributed by atoms with E-state index in [1.54, 1.807) is 27.7 Å². The SMILES string of the molecule is C[C@H]1OC[C@]2(c3cc(N)ccc3F)N=C(N(C(=O)O)C(=O)OC(C)(C)C)N(C)C(=O)[C@H]12. The maximum Gasteiger partial charge on any atom is 0.427 e. The van der Waals surface area contributed by atoms with Gasteiger partial charge in [-0.05, 0) is 45.9 Å². The Bertz CT molecular complexity index is 975. The molecule has 2 aliphatic rings. The number of nitrogens with two attached hydrogens (primary N) is 1. The van der Waals surface area contributed by atoms with Crippen LogP contribution in [-0.2, 0) is 19.8 Å². The van der Waals surface area contributed by atoms with Gasteiger partial charge in [-0.3, -0.25) is 9.69 Å². The van der Waals surface area contributed by atoms with Crippen molar-refractivity contribution in [1.82, 2.24) is 9.80 Å². The van der Waals surface area contributed by atoms with Crippen LogP contribution in [0, 0.1) is 11.7 Å². The van der Waals surface area contributed by atoms with E-state index in [0.717, 1.165) is 11.0 Å². The van der Waals surface area contributed by atoms with E-state index in [1.165, 1.54) is 19.2 Å². The normalized spacial score (nSPS) is 25.7. The van der Waals surface area contributed by atoms with Crippen molar-refractivity contribution in [3.63, 3.8) is 0 Å². The third kappa shape index (κ3) is 3.80. The number of benzene rings is 1. The number of carbonyl (C=O) groups is 3. The van der Waals surface area contributed by atoms with E-state index in [1.807, 2.05) is 0 Å². The molecule has 0 aromatic heterocycles. The Hall–Kier alpha value is -3.21. The number of rotatable bonds is 1. The van der Waals surface area contributed by atoms with Crippen LogP contribution >= 0.6 is 0 Å². The van der Waals surface area contributed by atoms with E-state index in [2.05, 4.69) is 4.99 Å². The molecule has 10 nitrogen and oxygen atoms in total. The highest BCUT2D eigenvalue weighted by atomic mass is 19.1. The highest BCUT2D eigenvalue weighted by Gasteiger charge is 2.59. The number of nitrogens with zero attached hydrogens (tertiary/aromatic N) is 3. The summed E-state index contributed by atoms with van der Waals surface area (Å²) in [7, 11) is 1.28. The average molecular weight is 436 g/mol. The molecule has 11 heteroatoms. The third-order valence-corrected chi connectivity index (χ3v) is 5.17. The van der Waals surface area contributed by atoms with Crippen molar-refractivity contribution < 1.29 is 33.4 Å². The number of fused-ring (bicyclic) bond motifs is 1. The van der Waals surface area contributed by atoms with Gasteiger partial charge in [0.15, 0.2) is 0 Å². The molecule has 0 saturated carbocycles. The smallest absolute Gasteiger partial charge is 0.427 e. The third-order valence-electron chi connectivity index (χ3n) is 5.17. The van der Waals surface area contributed by atoms with Gasteiger partial charge >= 0.3 is 12.2 Å². The Kier molecular flexibility index (Phi) is 5.43. The molecule has 1 aromatic carbocycles. The topological polar surface area (TPSA) is 135 Å². The molecule has 2 heterocycles. The van der Waals surface area contributed by atoms with Gasteiger partial charge in [0.25, 0.3) is 0 Å². The van der Waals surface area contributed by atoms with Gasteiger partial charge in [-0.15, -0.1) is 4.90 Å². The summed E-state index contributed by atoms with van der Waals surface area (Å²) in [5.74, 6) is -2.72. The molecule has 0 radical (unpaired) electrons. The van der Waals surface area contributed by atoms with Crippen LogP contribution in [0.2, 0.25) is 0 Å². The maximum atomic E-state index is 14.9. The summed E-state index contributed by atoms with van der Waals surface area (Å²) in [4.78, 5) is 43.5. The molecule has 0 bridgehead atoms. The van der Waals surface area contributed by atoms with Crippen LogP contribution in [0.4, 0.5) is 19.7 Å². The molecule has 2 aliphatic heterocycles. The van der Waals surface area contributed by atoms with E-state index >= 15 is 0 Å². The first-order valence-corrected chi connectivity index (χ1v) is 9.59. The number of nitrogen functional groups attached to an aromatic ring is 1. The van der Waals surface area contributed by atoms with Gasteiger partial charge in [0, 0.05) is 18.3 Å². The Labute approximate surface area is 178 Å². The highest BCUT2D eigenvalue weighted by Crippen LogP contribution is 2.47. The molecule has 0 unspecified atom stereocenters. The number of carboxylic acid groups (broad SMARTS) is 1. The molecule has 3 N–H and O–H groups in total. The fourth-order valence-electron chi connectivity index (χ4n) is 3.83. The molecular weight excluding hydrogens is 411 g/mol. The zero-order valence-corrected chi connectivity index (χ0v) is 17.9. The lowest BCUT2D eigenvalue weighted by Gasteiger charge is -2.41. The number of amides is 3. The van der Waals surface area contributed by atoms with E-state index in [4.69, 9.17) is 15.2 Å². The summed E-state index contributed by atoms with van der Waals surface area (Å²) in [6, 6.07) is 3.83. The molecule has 3 atom stereocenters. The van der Waals surface area contributed by atoms with Crippen molar-refractivity contribution in [2.45, 2.75) is 44.9 Å². The predicted molar refractivity (Wildman–Crippen MR) is 108 cm³/mol. The van der Waals surface area contributed by atoms with Crippen molar-refractivity contribution in [2.75, 3.05) is 19.4 Å². The molecule has 3 rings (SSSR count). The van der Waals surface area contributed by atoms with E-state index in [9.17, 15) is 23.9 Å². The molecule has 0 spiro atoms. The predicted octanol–water partition coefficient (Wildman–Crippen LogP) is 2.38. The molecular formula is C20H25FN4O6. The highest BCUT2D eigenvalue weighted by molar-refractivity contribution is 6.13. The largest absolute Gasteiger partial charge is 0.464 e. The summed E-state index contributed by atoms with van der Waals surface area (Å²) in [6.07, 6.45) is -3.59. The van der Waals surface area contributed by atoms with Gasteiger partial charge < -0.3 is 20.3 Å². The molecule has 1 fully saturated rings. The number of anilines is 1. The first-order valence-electron chi connectivity index (χ1n) is 9.59. The maximum absolute atomic E-state index is 14.9. The number of hydrogen-bond donors (Lipinski definition) is 2. The van der Waals surface area contributed by atoms with Crippen LogP contribution < -0.4 is 5.73 Å². The zero-order valence-electron chi connectivity index (χ0n) is 17.9. The van der Waals surface area contributed by atoms with Crippen LogP contribution in [-0.4, -0.2) is 64.3 Å². The van der Waals surface area contributed by atoms with Gasteiger partial charge in [0.1, 0.15) is 17.0 Å². The molecule has 0 aliphatic carbocycles. The van der Waals surface area contributed by atoms with Gasteiger partial charge in [0.2, 0.25) is 11.9 Å². The van der Waals surface area contributed by atoms with E-state index in [0.29, 0.717) is 0 Å². The first kappa shape index (κ1) is 22.5. The van der Waals surface area contributed by atoms with Crippen LogP contribution in [0.15, 0.2) is 23.2 Å². The van der Waals surface area contributed by atoms with Gasteiger partial charge in [0.05, 0.1) is 18.6 Å². The standard InChI is InChI=1S/C20H25FN4O6/c1-10-14-15(26)24(5)16(25(17(27)28)18(29)31-19(2,3)4)23-20(14,9-30-10)12-8-11(22)6-7-13(12)21/h6-8,10,14H,9,22H2,1-5H3,(H,27,28)/t10-,14+,20-/m1/s1. The van der Waals surface area contributed by atoms with Gasteiger partial charge in [-0.1, -0.05) is 0 Å². The fraction of sp³-hybridized carbons (Fsp3) is 0.500. The number of imide groups is 1. The number of aliphatic imine (C=N–C) groups is 1. The second-order valence-corrected chi connectivity index (χ2v) is 8.56. The van der Waals surface area contributed by atoms with Gasteiger partial charge in [-0.25, -0.2) is 19.0 Å². The Balaban J connectivity index is 2.23. The number of halogens is 1. The molecule has 168 valence electrons. The molecule has 3 amide bonds. The Morgan fingerprint density at radius 3 is 2.65 bits per heavy atom. The van der Waals surface area contributed by atoms with Crippen LogP contribution in [0.3, 0.4) is 0 Å². The molecule has 31 heavy (non-hydrogen) atoms. The first-order chi connectivity index (χ1) is 14.3. The second kappa shape index (κ2) is 7.49. The zero-order chi connectivity index (χ0) is 23.3. The lowest BCUT2D eigenvalue weighted by Crippen LogP contribution is -2.60. The van der Waals surface area contributed by atoms with Crippen molar-refractivity contribution in [3.8, 4) is 0 Å². The molecule has 1 saturated heterocycles. The summed E-state index contributed by atoms with van der Waals surface area (Å²) >= 11 is 0. The minimum Gasteiger partial charge on any atom is -0.464 e. The minimum atomic E-state index is -1.71. The Morgan fingerprint density at radius 2 is 2.06 bits per heavy atom. The number of hydrogen-bond acceptors (Lipinski definition) is 7. The lowest BCUT2D eigenvalue weighted by atomic mass is 9.76. The quantitative estimate of drug-likeness (QED) is 0.645. The second-order valence-electron chi connectivity index (χ2n) is 8.56. The van der Waals surface area contributed by atoms with Crippen LogP contribution in [0.1, 0.15) is 33.3 Å². The number of carbonyl (C=O) groups excluding carboxylic acids is 2. The average Bonchev–Trinajstić information content (AvgIpc) is 2.97. The number of ether oxygens (including phenoxy) is 2.